The van der Waals surface area contributed by atoms with Crippen molar-refractivity contribution in [3.63, 3.8) is 0 Å². The van der Waals surface area contributed by atoms with Crippen molar-refractivity contribution in [2.24, 2.45) is 0 Å². The highest BCUT2D eigenvalue weighted by atomic mass is 79.9. The van der Waals surface area contributed by atoms with E-state index in [-0.39, 0.29) is 22.9 Å². The van der Waals surface area contributed by atoms with Gasteiger partial charge in [0, 0.05) is 31.5 Å². The number of amides is 1. The molecule has 1 aliphatic carbocycles. The number of carbonyl (C=O) groups excluding carboxylic acids is 1. The summed E-state index contributed by atoms with van der Waals surface area (Å²) < 4.78 is 2.16. The van der Waals surface area contributed by atoms with Crippen molar-refractivity contribution in [2.75, 3.05) is 6.54 Å². The van der Waals surface area contributed by atoms with Crippen LogP contribution in [0.25, 0.3) is 0 Å². The Labute approximate surface area is 144 Å². The van der Waals surface area contributed by atoms with Crippen LogP contribution in [-0.2, 0) is 11.3 Å². The average molecular weight is 367 g/mol. The van der Waals surface area contributed by atoms with Gasteiger partial charge in [0.2, 0.25) is 5.91 Å². The first-order valence-corrected chi connectivity index (χ1v) is 8.23. The first kappa shape index (κ1) is 18.9. The molecule has 1 aliphatic rings. The molecule has 1 N–H and O–H groups in total. The van der Waals surface area contributed by atoms with Crippen LogP contribution < -0.4 is 26.9 Å². The molecule has 0 atom stereocenters. The van der Waals surface area contributed by atoms with Crippen LogP contribution in [0.2, 0.25) is 0 Å². The predicted molar refractivity (Wildman–Crippen MR) is 84.7 cm³/mol. The molecule has 0 aliphatic heterocycles. The molecule has 1 amide bonds. The second kappa shape index (κ2) is 11.4. The molecule has 4 heteroatoms. The van der Waals surface area contributed by atoms with Crippen LogP contribution in [0.3, 0.4) is 0 Å². The molecular formula is C18H27BrN2O. The Morgan fingerprint density at radius 2 is 1.95 bits per heavy atom. The summed E-state index contributed by atoms with van der Waals surface area (Å²) in [7, 11) is 0. The molecule has 0 bridgehead atoms. The molecular weight excluding hydrogens is 340 g/mol. The maximum Gasteiger partial charge on any atom is 0.220 e. The summed E-state index contributed by atoms with van der Waals surface area (Å²) in [6, 6.07) is 6.09. The Morgan fingerprint density at radius 3 is 2.68 bits per heavy atom. The molecule has 2 rings (SSSR count). The van der Waals surface area contributed by atoms with Gasteiger partial charge in [0.15, 0.2) is 12.4 Å². The Kier molecular flexibility index (Phi) is 9.80. The third-order valence-corrected chi connectivity index (χ3v) is 4.00. The highest BCUT2D eigenvalue weighted by Crippen LogP contribution is 2.19. The van der Waals surface area contributed by atoms with Crippen LogP contribution in [0, 0.1) is 0 Å². The largest absolute Gasteiger partial charge is 1.00 e. The molecule has 0 saturated heterocycles. The third kappa shape index (κ3) is 7.74. The van der Waals surface area contributed by atoms with Crippen LogP contribution >= 0.6 is 0 Å². The fourth-order valence-corrected chi connectivity index (χ4v) is 2.75. The van der Waals surface area contributed by atoms with Crippen molar-refractivity contribution >= 4 is 5.91 Å². The summed E-state index contributed by atoms with van der Waals surface area (Å²) in [4.78, 5) is 11.8. The number of aromatic nitrogens is 1. The van der Waals surface area contributed by atoms with E-state index < -0.39 is 0 Å². The number of halogens is 1. The molecule has 0 aromatic carbocycles. The van der Waals surface area contributed by atoms with Crippen LogP contribution in [0.4, 0.5) is 0 Å². The van der Waals surface area contributed by atoms with Crippen molar-refractivity contribution in [1.82, 2.24) is 5.32 Å². The molecule has 0 fully saturated rings. The molecule has 0 saturated carbocycles. The maximum absolute atomic E-state index is 11.8. The minimum atomic E-state index is 0. The van der Waals surface area contributed by atoms with Gasteiger partial charge in [-0.05, 0) is 38.5 Å². The number of pyridine rings is 1. The van der Waals surface area contributed by atoms with Crippen LogP contribution in [0.1, 0.15) is 51.4 Å². The van der Waals surface area contributed by atoms with Gasteiger partial charge >= 0.3 is 0 Å². The zero-order valence-corrected chi connectivity index (χ0v) is 14.9. The number of hydrogen-bond acceptors (Lipinski definition) is 1. The molecule has 0 spiro atoms. The van der Waals surface area contributed by atoms with Crippen molar-refractivity contribution < 1.29 is 26.3 Å². The van der Waals surface area contributed by atoms with Gasteiger partial charge in [-0.1, -0.05) is 17.7 Å². The number of nitrogens with zero attached hydrogens (tertiary/aromatic N) is 1. The minimum Gasteiger partial charge on any atom is -1.00 e. The van der Waals surface area contributed by atoms with Gasteiger partial charge in [-0.2, -0.15) is 0 Å². The quantitative estimate of drug-likeness (QED) is 0.396. The zero-order valence-electron chi connectivity index (χ0n) is 13.3. The Balaban J connectivity index is 0.00000242. The number of carbonyl (C=O) groups is 1. The summed E-state index contributed by atoms with van der Waals surface area (Å²) in [6.45, 7) is 1.79. The Hall–Kier alpha value is -1.16. The second-order valence-corrected chi connectivity index (χ2v) is 5.78. The molecule has 1 heterocycles. The van der Waals surface area contributed by atoms with Crippen molar-refractivity contribution in [1.29, 1.82) is 0 Å². The van der Waals surface area contributed by atoms with E-state index in [1.165, 1.54) is 31.3 Å². The lowest BCUT2D eigenvalue weighted by molar-refractivity contribution is -0.697. The van der Waals surface area contributed by atoms with E-state index >= 15 is 0 Å². The van der Waals surface area contributed by atoms with Crippen molar-refractivity contribution in [2.45, 2.75) is 57.9 Å². The minimum absolute atomic E-state index is 0. The average Bonchev–Trinajstić information content (AvgIpc) is 2.54. The number of rotatable bonds is 8. The van der Waals surface area contributed by atoms with E-state index in [1.807, 2.05) is 18.2 Å². The normalized spacial score (nSPS) is 13.9. The topological polar surface area (TPSA) is 33.0 Å². The smallest absolute Gasteiger partial charge is 0.220 e. The summed E-state index contributed by atoms with van der Waals surface area (Å²) >= 11 is 0. The van der Waals surface area contributed by atoms with Gasteiger partial charge in [0.25, 0.3) is 0 Å². The van der Waals surface area contributed by atoms with Crippen molar-refractivity contribution in [3.8, 4) is 0 Å². The SMILES string of the molecule is O=C(CCCC[n+]1ccccc1)NCCC1=CCCCC1.[Br-]. The molecule has 1 aromatic rings. The van der Waals surface area contributed by atoms with E-state index in [9.17, 15) is 4.79 Å². The van der Waals surface area contributed by atoms with Crippen LogP contribution in [0.5, 0.6) is 0 Å². The zero-order chi connectivity index (χ0) is 14.8. The monoisotopic (exact) mass is 366 g/mol. The fraction of sp³-hybridized carbons (Fsp3) is 0.556. The van der Waals surface area contributed by atoms with E-state index in [0.717, 1.165) is 32.4 Å². The lowest BCUT2D eigenvalue weighted by Gasteiger charge is -2.12. The van der Waals surface area contributed by atoms with E-state index in [2.05, 4.69) is 28.4 Å². The first-order valence-electron chi connectivity index (χ1n) is 8.23. The van der Waals surface area contributed by atoms with Crippen LogP contribution in [-0.4, -0.2) is 12.5 Å². The number of unbranched alkanes of at least 4 members (excludes halogenated alkanes) is 1. The fourth-order valence-electron chi connectivity index (χ4n) is 2.75. The van der Waals surface area contributed by atoms with E-state index in [4.69, 9.17) is 0 Å². The van der Waals surface area contributed by atoms with Gasteiger partial charge in [0.05, 0.1) is 0 Å². The van der Waals surface area contributed by atoms with Gasteiger partial charge in [0.1, 0.15) is 6.54 Å². The second-order valence-electron chi connectivity index (χ2n) is 5.78. The summed E-state index contributed by atoms with van der Waals surface area (Å²) in [5.74, 6) is 0.199. The van der Waals surface area contributed by atoms with Crippen molar-refractivity contribution in [3.05, 3.63) is 42.2 Å². The molecule has 22 heavy (non-hydrogen) atoms. The number of allylic oxidation sites excluding steroid dienone is 1. The van der Waals surface area contributed by atoms with E-state index in [0.29, 0.717) is 6.42 Å². The highest BCUT2D eigenvalue weighted by molar-refractivity contribution is 5.75. The Morgan fingerprint density at radius 1 is 1.14 bits per heavy atom. The standard InChI is InChI=1S/C18H26N2O.BrH/c21-18(19-13-12-17-9-3-1-4-10-17)11-5-8-16-20-14-6-2-7-15-20;/h2,6-7,9,14-15H,1,3-5,8,10-13,16H2;1H. The van der Waals surface area contributed by atoms with Gasteiger partial charge < -0.3 is 22.3 Å². The summed E-state index contributed by atoms with van der Waals surface area (Å²) in [5.41, 5.74) is 1.53. The molecule has 3 nitrogen and oxygen atoms in total. The third-order valence-electron chi connectivity index (χ3n) is 4.00. The number of hydrogen-bond donors (Lipinski definition) is 1. The van der Waals surface area contributed by atoms with Gasteiger partial charge in [-0.3, -0.25) is 4.79 Å². The Bertz CT molecular complexity index is 459. The number of aryl methyl sites for hydroxylation is 1. The maximum atomic E-state index is 11.8. The molecule has 0 unspecified atom stereocenters. The highest BCUT2D eigenvalue weighted by Gasteiger charge is 2.05. The molecule has 122 valence electrons. The number of nitrogens with one attached hydrogen (secondary N) is 1. The lowest BCUT2D eigenvalue weighted by Crippen LogP contribution is -3.00. The first-order chi connectivity index (χ1) is 10.3. The summed E-state index contributed by atoms with van der Waals surface area (Å²) in [5, 5.41) is 3.04. The lowest BCUT2D eigenvalue weighted by atomic mass is 9.97. The molecule has 1 aromatic heterocycles. The predicted octanol–water partition coefficient (Wildman–Crippen LogP) is 0.155. The van der Waals surface area contributed by atoms with E-state index in [1.54, 1.807) is 0 Å². The summed E-state index contributed by atoms with van der Waals surface area (Å²) in [6.07, 6.45) is 15.3. The van der Waals surface area contributed by atoms with Crippen LogP contribution in [0.15, 0.2) is 42.2 Å². The van der Waals surface area contributed by atoms with Gasteiger partial charge in [-0.15, -0.1) is 0 Å². The van der Waals surface area contributed by atoms with Gasteiger partial charge in [-0.25, -0.2) is 4.57 Å². The molecule has 0 radical (unpaired) electrons.